The van der Waals surface area contributed by atoms with Crippen molar-refractivity contribution in [3.63, 3.8) is 0 Å². The Balaban J connectivity index is 2.37. The highest BCUT2D eigenvalue weighted by Gasteiger charge is 2.16. The second kappa shape index (κ2) is 3.92. The molecule has 1 heterocycles. The van der Waals surface area contributed by atoms with E-state index in [-0.39, 0.29) is 5.82 Å². The molecule has 0 bridgehead atoms. The second-order valence-corrected chi connectivity index (χ2v) is 4.68. The minimum absolute atomic E-state index is 0.179. The first-order valence-electron chi connectivity index (χ1n) is 4.68. The van der Waals surface area contributed by atoms with E-state index in [1.54, 1.807) is 12.1 Å². The maximum absolute atomic E-state index is 13.3. The number of rotatable bonds is 1. The fourth-order valence-corrected chi connectivity index (χ4v) is 2.27. The maximum Gasteiger partial charge on any atom is 0.138 e. The van der Waals surface area contributed by atoms with Crippen molar-refractivity contribution in [2.45, 2.75) is 12.8 Å². The lowest BCUT2D eigenvalue weighted by Crippen LogP contribution is -2.19. The van der Waals surface area contributed by atoms with Gasteiger partial charge in [0.1, 0.15) is 5.82 Å². The molecule has 0 aromatic heterocycles. The summed E-state index contributed by atoms with van der Waals surface area (Å²) >= 11 is 1.96. The van der Waals surface area contributed by atoms with Crippen LogP contribution in [0.15, 0.2) is 12.1 Å². The van der Waals surface area contributed by atoms with Crippen molar-refractivity contribution in [1.82, 2.24) is 0 Å². The topological polar surface area (TPSA) is 29.3 Å². The predicted octanol–water partition coefficient (Wildman–Crippen LogP) is 2.61. The molecule has 0 spiro atoms. The van der Waals surface area contributed by atoms with Crippen molar-refractivity contribution in [1.29, 1.82) is 0 Å². The molecule has 2 nitrogen and oxygen atoms in total. The molecular weight excluding hydrogens is 294 g/mol. The first kappa shape index (κ1) is 10.0. The highest BCUT2D eigenvalue weighted by Crippen LogP contribution is 2.29. The molecule has 2 N–H and O–H groups in total. The van der Waals surface area contributed by atoms with Crippen LogP contribution >= 0.6 is 22.6 Å². The monoisotopic (exact) mass is 306 g/mol. The molecule has 14 heavy (non-hydrogen) atoms. The van der Waals surface area contributed by atoms with Crippen molar-refractivity contribution in [3.8, 4) is 0 Å². The SMILES string of the molecule is Nc1cc(I)c(F)cc1N1CCCC1. The van der Waals surface area contributed by atoms with Crippen molar-refractivity contribution < 1.29 is 4.39 Å². The van der Waals surface area contributed by atoms with Gasteiger partial charge in [-0.1, -0.05) is 0 Å². The maximum atomic E-state index is 13.3. The molecular formula is C10H12FIN2. The van der Waals surface area contributed by atoms with Gasteiger partial charge in [-0.15, -0.1) is 0 Å². The molecule has 76 valence electrons. The third-order valence-corrected chi connectivity index (χ3v) is 3.34. The molecule has 1 aliphatic heterocycles. The lowest BCUT2D eigenvalue weighted by molar-refractivity contribution is 0.620. The summed E-state index contributed by atoms with van der Waals surface area (Å²) in [6.45, 7) is 1.98. The number of nitrogens with zero attached hydrogens (tertiary/aromatic N) is 1. The van der Waals surface area contributed by atoms with Gasteiger partial charge in [-0.3, -0.25) is 0 Å². The van der Waals surface area contributed by atoms with Crippen LogP contribution in [-0.2, 0) is 0 Å². The van der Waals surface area contributed by atoms with Crippen LogP contribution in [0.2, 0.25) is 0 Å². The van der Waals surface area contributed by atoms with Crippen molar-refractivity contribution >= 4 is 34.0 Å². The summed E-state index contributed by atoms with van der Waals surface area (Å²) in [5, 5.41) is 0. The van der Waals surface area contributed by atoms with Gasteiger partial charge in [0.05, 0.1) is 14.9 Å². The van der Waals surface area contributed by atoms with Crippen LogP contribution in [0.3, 0.4) is 0 Å². The Labute approximate surface area is 96.4 Å². The van der Waals surface area contributed by atoms with E-state index < -0.39 is 0 Å². The van der Waals surface area contributed by atoms with Gasteiger partial charge in [-0.05, 0) is 41.5 Å². The minimum atomic E-state index is -0.179. The summed E-state index contributed by atoms with van der Waals surface area (Å²) in [7, 11) is 0. The smallest absolute Gasteiger partial charge is 0.138 e. The van der Waals surface area contributed by atoms with Gasteiger partial charge in [0.25, 0.3) is 0 Å². The molecule has 1 aromatic carbocycles. The molecule has 1 fully saturated rings. The Hall–Kier alpha value is -0.520. The average molecular weight is 306 g/mol. The van der Waals surface area contributed by atoms with E-state index >= 15 is 0 Å². The molecule has 0 aliphatic carbocycles. The van der Waals surface area contributed by atoms with Crippen LogP contribution in [0.25, 0.3) is 0 Å². The average Bonchev–Trinajstić information content (AvgIpc) is 2.64. The highest BCUT2D eigenvalue weighted by molar-refractivity contribution is 14.1. The summed E-state index contributed by atoms with van der Waals surface area (Å²) < 4.78 is 13.9. The summed E-state index contributed by atoms with van der Waals surface area (Å²) in [6, 6.07) is 3.24. The number of benzene rings is 1. The van der Waals surface area contributed by atoms with E-state index in [1.165, 1.54) is 12.8 Å². The van der Waals surface area contributed by atoms with E-state index in [1.807, 2.05) is 22.6 Å². The fourth-order valence-electron chi connectivity index (χ4n) is 1.78. The Kier molecular flexibility index (Phi) is 2.80. The second-order valence-electron chi connectivity index (χ2n) is 3.52. The van der Waals surface area contributed by atoms with Crippen LogP contribution in [0, 0.1) is 9.39 Å². The van der Waals surface area contributed by atoms with Crippen molar-refractivity contribution in [2.24, 2.45) is 0 Å². The molecule has 1 saturated heterocycles. The van der Waals surface area contributed by atoms with Crippen LogP contribution < -0.4 is 10.6 Å². The zero-order valence-corrected chi connectivity index (χ0v) is 9.92. The summed E-state index contributed by atoms with van der Waals surface area (Å²) in [5.74, 6) is -0.179. The third-order valence-electron chi connectivity index (χ3n) is 2.52. The molecule has 0 amide bonds. The molecule has 1 aliphatic rings. The predicted molar refractivity (Wildman–Crippen MR) is 65.0 cm³/mol. The van der Waals surface area contributed by atoms with E-state index in [0.29, 0.717) is 9.26 Å². The standard InChI is InChI=1S/C10H12FIN2/c11-7-5-10(9(13)6-8(7)12)14-3-1-2-4-14/h5-6H,1-4,13H2. The van der Waals surface area contributed by atoms with Gasteiger partial charge in [0.2, 0.25) is 0 Å². The van der Waals surface area contributed by atoms with Crippen LogP contribution in [0.5, 0.6) is 0 Å². The quantitative estimate of drug-likeness (QED) is 0.638. The van der Waals surface area contributed by atoms with Crippen molar-refractivity contribution in [2.75, 3.05) is 23.7 Å². The molecule has 2 rings (SSSR count). The first-order valence-corrected chi connectivity index (χ1v) is 5.76. The zero-order chi connectivity index (χ0) is 10.1. The lowest BCUT2D eigenvalue weighted by atomic mass is 10.2. The number of hydrogen-bond donors (Lipinski definition) is 1. The van der Waals surface area contributed by atoms with Gasteiger partial charge < -0.3 is 10.6 Å². The summed E-state index contributed by atoms with van der Waals surface area (Å²) in [5.41, 5.74) is 7.38. The Bertz CT molecular complexity index is 348. The molecule has 4 heteroatoms. The number of hydrogen-bond acceptors (Lipinski definition) is 2. The van der Waals surface area contributed by atoms with E-state index in [2.05, 4.69) is 4.90 Å². The molecule has 0 atom stereocenters. The Morgan fingerprint density at radius 2 is 1.93 bits per heavy atom. The van der Waals surface area contributed by atoms with Gasteiger partial charge in [-0.2, -0.15) is 0 Å². The molecule has 0 unspecified atom stereocenters. The van der Waals surface area contributed by atoms with E-state index in [0.717, 1.165) is 18.8 Å². The summed E-state index contributed by atoms with van der Waals surface area (Å²) in [6.07, 6.45) is 2.35. The first-order chi connectivity index (χ1) is 6.68. The normalized spacial score (nSPS) is 16.3. The highest BCUT2D eigenvalue weighted by atomic mass is 127. The number of nitrogen functional groups attached to an aromatic ring is 1. The van der Waals surface area contributed by atoms with Gasteiger partial charge in [0, 0.05) is 19.2 Å². The molecule has 0 radical (unpaired) electrons. The third kappa shape index (κ3) is 1.80. The van der Waals surface area contributed by atoms with Crippen LogP contribution in [-0.4, -0.2) is 13.1 Å². The van der Waals surface area contributed by atoms with Gasteiger partial charge in [-0.25, -0.2) is 4.39 Å². The van der Waals surface area contributed by atoms with E-state index in [9.17, 15) is 4.39 Å². The van der Waals surface area contributed by atoms with Gasteiger partial charge in [0.15, 0.2) is 0 Å². The number of nitrogens with two attached hydrogens (primary N) is 1. The number of halogens is 2. The fraction of sp³-hybridized carbons (Fsp3) is 0.400. The largest absolute Gasteiger partial charge is 0.397 e. The van der Waals surface area contributed by atoms with Crippen LogP contribution in [0.4, 0.5) is 15.8 Å². The Morgan fingerprint density at radius 3 is 2.57 bits per heavy atom. The van der Waals surface area contributed by atoms with E-state index in [4.69, 9.17) is 5.73 Å². The van der Waals surface area contributed by atoms with Crippen LogP contribution in [0.1, 0.15) is 12.8 Å². The molecule has 0 saturated carbocycles. The zero-order valence-electron chi connectivity index (χ0n) is 7.76. The lowest BCUT2D eigenvalue weighted by Gasteiger charge is -2.19. The minimum Gasteiger partial charge on any atom is -0.397 e. The molecule has 1 aromatic rings. The Morgan fingerprint density at radius 1 is 1.29 bits per heavy atom. The van der Waals surface area contributed by atoms with Gasteiger partial charge >= 0.3 is 0 Å². The summed E-state index contributed by atoms with van der Waals surface area (Å²) in [4.78, 5) is 2.15. The van der Waals surface area contributed by atoms with Crippen molar-refractivity contribution in [3.05, 3.63) is 21.5 Å². The number of anilines is 2.